The molecule has 3 nitrogen and oxygen atoms in total. The fourth-order valence-electron chi connectivity index (χ4n) is 1.78. The molecular formula is C14H21BrO3S. The summed E-state index contributed by atoms with van der Waals surface area (Å²) in [7, 11) is -3.64. The molecule has 1 rings (SSSR count). The number of halogens is 1. The molecule has 1 atom stereocenters. The van der Waals surface area contributed by atoms with Crippen LogP contribution in [0.1, 0.15) is 46.0 Å². The van der Waals surface area contributed by atoms with Gasteiger partial charge in [-0.2, -0.15) is 8.42 Å². The van der Waals surface area contributed by atoms with Crippen LogP contribution in [0.2, 0.25) is 0 Å². The maximum atomic E-state index is 12.0. The minimum Gasteiger partial charge on any atom is -0.263 e. The molecule has 0 aromatic heterocycles. The smallest absolute Gasteiger partial charge is 0.263 e. The number of hydrogen-bond acceptors (Lipinski definition) is 3. The van der Waals surface area contributed by atoms with Crippen molar-refractivity contribution in [2.75, 3.05) is 0 Å². The molecule has 0 fully saturated rings. The highest BCUT2D eigenvalue weighted by molar-refractivity contribution is 9.10. The van der Waals surface area contributed by atoms with Gasteiger partial charge in [0.2, 0.25) is 0 Å². The molecule has 19 heavy (non-hydrogen) atoms. The lowest BCUT2D eigenvalue weighted by molar-refractivity contribution is 0.213. The summed E-state index contributed by atoms with van der Waals surface area (Å²) in [6, 6.07) is 6.48. The van der Waals surface area contributed by atoms with E-state index in [0.717, 1.165) is 23.7 Å². The van der Waals surface area contributed by atoms with Crippen LogP contribution in [0.3, 0.4) is 0 Å². The number of rotatable bonds is 8. The number of unbranched alkanes of at least 4 members (excludes halogenated alkanes) is 3. The predicted molar refractivity (Wildman–Crippen MR) is 80.6 cm³/mol. The number of benzene rings is 1. The van der Waals surface area contributed by atoms with Gasteiger partial charge in [0.1, 0.15) is 0 Å². The summed E-state index contributed by atoms with van der Waals surface area (Å²) >= 11 is 3.28. The van der Waals surface area contributed by atoms with E-state index in [2.05, 4.69) is 22.9 Å². The zero-order chi connectivity index (χ0) is 14.3. The SMILES string of the molecule is CCCCCCC(C)OS(=O)(=O)c1ccc(Br)cc1. The van der Waals surface area contributed by atoms with Gasteiger partial charge in [0, 0.05) is 4.47 Å². The third-order valence-electron chi connectivity index (χ3n) is 2.86. The Balaban J connectivity index is 2.52. The topological polar surface area (TPSA) is 43.4 Å². The highest BCUT2D eigenvalue weighted by Gasteiger charge is 2.18. The third-order valence-corrected chi connectivity index (χ3v) is 4.82. The zero-order valence-corrected chi connectivity index (χ0v) is 13.8. The Morgan fingerprint density at radius 2 is 1.79 bits per heavy atom. The van der Waals surface area contributed by atoms with E-state index in [4.69, 9.17) is 4.18 Å². The lowest BCUT2D eigenvalue weighted by Crippen LogP contribution is -2.15. The molecule has 108 valence electrons. The van der Waals surface area contributed by atoms with E-state index in [1.54, 1.807) is 24.3 Å². The monoisotopic (exact) mass is 348 g/mol. The van der Waals surface area contributed by atoms with Gasteiger partial charge in [-0.25, -0.2) is 0 Å². The highest BCUT2D eigenvalue weighted by Crippen LogP contribution is 2.19. The zero-order valence-electron chi connectivity index (χ0n) is 11.4. The fourth-order valence-corrected chi connectivity index (χ4v) is 3.15. The van der Waals surface area contributed by atoms with Crippen molar-refractivity contribution in [2.24, 2.45) is 0 Å². The standard InChI is InChI=1S/C14H21BrO3S/c1-3-4-5-6-7-12(2)18-19(16,17)14-10-8-13(15)9-11-14/h8-12H,3-7H2,1-2H3. The molecule has 1 aromatic carbocycles. The first-order chi connectivity index (χ1) is 8.95. The molecule has 1 unspecified atom stereocenters. The molecule has 0 aliphatic rings. The maximum absolute atomic E-state index is 12.0. The molecule has 1 aromatic rings. The van der Waals surface area contributed by atoms with E-state index in [0.29, 0.717) is 0 Å². The Bertz CT molecular complexity index is 468. The van der Waals surface area contributed by atoms with Gasteiger partial charge in [0.05, 0.1) is 11.0 Å². The Morgan fingerprint density at radius 1 is 1.16 bits per heavy atom. The molecule has 0 aliphatic heterocycles. The maximum Gasteiger partial charge on any atom is 0.297 e. The molecule has 5 heteroatoms. The largest absolute Gasteiger partial charge is 0.297 e. The van der Waals surface area contributed by atoms with Crippen LogP contribution >= 0.6 is 15.9 Å². The van der Waals surface area contributed by atoms with Crippen LogP contribution in [0.25, 0.3) is 0 Å². The summed E-state index contributed by atoms with van der Waals surface area (Å²) in [5.41, 5.74) is 0. The van der Waals surface area contributed by atoms with E-state index in [1.807, 2.05) is 6.92 Å². The Morgan fingerprint density at radius 3 is 2.37 bits per heavy atom. The summed E-state index contributed by atoms with van der Waals surface area (Å²) in [5.74, 6) is 0. The molecule has 0 amide bonds. The third kappa shape index (κ3) is 6.06. The van der Waals surface area contributed by atoms with Crippen molar-refractivity contribution in [3.63, 3.8) is 0 Å². The van der Waals surface area contributed by atoms with Crippen LogP contribution in [0.15, 0.2) is 33.6 Å². The summed E-state index contributed by atoms with van der Waals surface area (Å²) < 4.78 is 30.1. The van der Waals surface area contributed by atoms with Gasteiger partial charge < -0.3 is 0 Å². The second-order valence-corrected chi connectivity index (χ2v) is 7.15. The van der Waals surface area contributed by atoms with Crippen molar-refractivity contribution >= 4 is 26.0 Å². The fraction of sp³-hybridized carbons (Fsp3) is 0.571. The lowest BCUT2D eigenvalue weighted by atomic mass is 10.1. The van der Waals surface area contributed by atoms with E-state index >= 15 is 0 Å². The Kier molecular flexibility index (Phi) is 7.04. The van der Waals surface area contributed by atoms with Gasteiger partial charge in [-0.15, -0.1) is 0 Å². The minimum atomic E-state index is -3.64. The van der Waals surface area contributed by atoms with Crippen molar-refractivity contribution in [1.82, 2.24) is 0 Å². The van der Waals surface area contributed by atoms with Gasteiger partial charge in [-0.3, -0.25) is 4.18 Å². The molecule has 0 N–H and O–H groups in total. The second kappa shape index (κ2) is 8.02. The van der Waals surface area contributed by atoms with Crippen LogP contribution in [-0.2, 0) is 14.3 Å². The summed E-state index contributed by atoms with van der Waals surface area (Å²) in [5, 5.41) is 0. The van der Waals surface area contributed by atoms with E-state index in [-0.39, 0.29) is 11.0 Å². The summed E-state index contributed by atoms with van der Waals surface area (Å²) in [4.78, 5) is 0.205. The first kappa shape index (κ1) is 16.7. The molecule has 0 aliphatic carbocycles. The van der Waals surface area contributed by atoms with Crippen molar-refractivity contribution in [2.45, 2.75) is 57.0 Å². The van der Waals surface area contributed by atoms with Crippen molar-refractivity contribution in [3.8, 4) is 0 Å². The summed E-state index contributed by atoms with van der Waals surface area (Å²) in [6.45, 7) is 3.96. The van der Waals surface area contributed by atoms with Crippen molar-refractivity contribution in [1.29, 1.82) is 0 Å². The first-order valence-corrected chi connectivity index (χ1v) is 8.84. The molecule has 0 saturated carbocycles. The van der Waals surface area contributed by atoms with Crippen LogP contribution in [-0.4, -0.2) is 14.5 Å². The van der Waals surface area contributed by atoms with Gasteiger partial charge in [0.25, 0.3) is 10.1 Å². The van der Waals surface area contributed by atoms with E-state index in [1.165, 1.54) is 12.8 Å². The highest BCUT2D eigenvalue weighted by atomic mass is 79.9. The molecular weight excluding hydrogens is 328 g/mol. The normalized spacial score (nSPS) is 13.4. The Labute approximate surface area is 124 Å². The number of hydrogen-bond donors (Lipinski definition) is 0. The first-order valence-electron chi connectivity index (χ1n) is 6.64. The lowest BCUT2D eigenvalue weighted by Gasteiger charge is -2.13. The van der Waals surface area contributed by atoms with Crippen molar-refractivity contribution < 1.29 is 12.6 Å². The van der Waals surface area contributed by atoms with Gasteiger partial charge in [0.15, 0.2) is 0 Å². The average Bonchev–Trinajstić information content (AvgIpc) is 2.34. The van der Waals surface area contributed by atoms with Gasteiger partial charge in [-0.1, -0.05) is 48.5 Å². The molecule has 0 bridgehead atoms. The molecule has 0 spiro atoms. The van der Waals surface area contributed by atoms with Gasteiger partial charge in [-0.05, 0) is 37.6 Å². The van der Waals surface area contributed by atoms with Crippen molar-refractivity contribution in [3.05, 3.63) is 28.7 Å². The van der Waals surface area contributed by atoms with Crippen LogP contribution < -0.4 is 0 Å². The molecule has 0 saturated heterocycles. The second-order valence-electron chi connectivity index (χ2n) is 4.66. The average molecular weight is 349 g/mol. The van der Waals surface area contributed by atoms with Crippen LogP contribution in [0.4, 0.5) is 0 Å². The van der Waals surface area contributed by atoms with Crippen LogP contribution in [0, 0.1) is 0 Å². The van der Waals surface area contributed by atoms with E-state index in [9.17, 15) is 8.42 Å². The quantitative estimate of drug-likeness (QED) is 0.512. The van der Waals surface area contributed by atoms with Gasteiger partial charge >= 0.3 is 0 Å². The summed E-state index contributed by atoms with van der Waals surface area (Å²) in [6.07, 6.45) is 4.99. The predicted octanol–water partition coefficient (Wildman–Crippen LogP) is 4.51. The van der Waals surface area contributed by atoms with Crippen LogP contribution in [0.5, 0.6) is 0 Å². The van der Waals surface area contributed by atoms with E-state index < -0.39 is 10.1 Å². The minimum absolute atomic E-state index is 0.205. The molecule has 0 radical (unpaired) electrons. The molecule has 0 heterocycles. The Hall–Kier alpha value is -0.390.